The number of nitrogens with zero attached hydrogens (tertiary/aromatic N) is 1. The van der Waals surface area contributed by atoms with Crippen LogP contribution in [0.1, 0.15) is 24.4 Å². The van der Waals surface area contributed by atoms with E-state index in [9.17, 15) is 14.4 Å². The van der Waals surface area contributed by atoms with E-state index in [2.05, 4.69) is 10.6 Å². The van der Waals surface area contributed by atoms with Crippen LogP contribution in [0.5, 0.6) is 5.75 Å². The van der Waals surface area contributed by atoms with Crippen molar-refractivity contribution in [3.8, 4) is 5.75 Å². The maximum absolute atomic E-state index is 12.4. The lowest BCUT2D eigenvalue weighted by atomic mass is 10.1. The highest BCUT2D eigenvalue weighted by atomic mass is 16.5. The number of ether oxygens (including phenoxy) is 2. The van der Waals surface area contributed by atoms with Crippen LogP contribution in [0.25, 0.3) is 0 Å². The number of hydrogen-bond acceptors (Lipinski definition) is 6. The number of benzene rings is 2. The SMILES string of the molecule is COC(=O)[C@@H](NCC(=O)Nc1cccc(N2CCCC2=O)c1)c1ccc(OC)cc1. The third-order valence-electron chi connectivity index (χ3n) is 4.87. The molecule has 3 rings (SSSR count). The fraction of sp³-hybridized carbons (Fsp3) is 0.318. The zero-order valence-corrected chi connectivity index (χ0v) is 17.0. The van der Waals surface area contributed by atoms with Crippen molar-refractivity contribution in [2.45, 2.75) is 18.9 Å². The van der Waals surface area contributed by atoms with Gasteiger partial charge < -0.3 is 19.7 Å². The van der Waals surface area contributed by atoms with Gasteiger partial charge in [-0.2, -0.15) is 0 Å². The first-order chi connectivity index (χ1) is 14.5. The summed E-state index contributed by atoms with van der Waals surface area (Å²) in [6.07, 6.45) is 1.38. The minimum atomic E-state index is -0.791. The number of carbonyl (C=O) groups excluding carboxylic acids is 3. The third-order valence-corrected chi connectivity index (χ3v) is 4.87. The van der Waals surface area contributed by atoms with Crippen LogP contribution in [0.15, 0.2) is 48.5 Å². The largest absolute Gasteiger partial charge is 0.497 e. The highest BCUT2D eigenvalue weighted by Gasteiger charge is 2.23. The molecule has 1 aliphatic heterocycles. The predicted molar refractivity (Wildman–Crippen MR) is 112 cm³/mol. The summed E-state index contributed by atoms with van der Waals surface area (Å²) in [6.45, 7) is 0.582. The molecule has 0 saturated carbocycles. The van der Waals surface area contributed by atoms with Crippen LogP contribution >= 0.6 is 0 Å². The summed E-state index contributed by atoms with van der Waals surface area (Å²) in [7, 11) is 2.86. The molecule has 30 heavy (non-hydrogen) atoms. The number of esters is 1. The Kier molecular flexibility index (Phi) is 7.03. The molecule has 0 aliphatic carbocycles. The van der Waals surface area contributed by atoms with Gasteiger partial charge in [0.1, 0.15) is 11.8 Å². The normalized spacial score (nSPS) is 14.3. The number of amides is 2. The van der Waals surface area contributed by atoms with E-state index in [1.54, 1.807) is 54.5 Å². The lowest BCUT2D eigenvalue weighted by molar-refractivity contribution is -0.143. The Labute approximate surface area is 175 Å². The molecule has 0 unspecified atom stereocenters. The van der Waals surface area contributed by atoms with E-state index < -0.39 is 12.0 Å². The number of hydrogen-bond donors (Lipinski definition) is 2. The molecule has 2 amide bonds. The Morgan fingerprint density at radius 2 is 1.90 bits per heavy atom. The topological polar surface area (TPSA) is 97.0 Å². The van der Waals surface area contributed by atoms with Gasteiger partial charge in [-0.3, -0.25) is 14.9 Å². The monoisotopic (exact) mass is 411 g/mol. The summed E-state index contributed by atoms with van der Waals surface area (Å²) in [6, 6.07) is 13.3. The van der Waals surface area contributed by atoms with E-state index in [-0.39, 0.29) is 18.4 Å². The standard InChI is InChI=1S/C22H25N3O5/c1-29-18-10-8-15(9-11-18)21(22(28)30-2)23-14-19(26)24-16-5-3-6-17(13-16)25-12-4-7-20(25)27/h3,5-6,8-11,13,21,23H,4,7,12,14H2,1-2H3,(H,24,26)/t21-/m0/s1. The number of carbonyl (C=O) groups is 3. The van der Waals surface area contributed by atoms with Crippen molar-refractivity contribution in [2.24, 2.45) is 0 Å². The van der Waals surface area contributed by atoms with Gasteiger partial charge in [0.15, 0.2) is 0 Å². The molecule has 1 fully saturated rings. The average Bonchev–Trinajstić information content (AvgIpc) is 3.20. The average molecular weight is 411 g/mol. The fourth-order valence-electron chi connectivity index (χ4n) is 3.32. The molecule has 1 saturated heterocycles. The van der Waals surface area contributed by atoms with Crippen molar-refractivity contribution in [3.63, 3.8) is 0 Å². The Morgan fingerprint density at radius 1 is 1.13 bits per heavy atom. The summed E-state index contributed by atoms with van der Waals surface area (Å²) in [5, 5.41) is 5.72. The van der Waals surface area contributed by atoms with Crippen LogP contribution in [0.4, 0.5) is 11.4 Å². The van der Waals surface area contributed by atoms with Crippen molar-refractivity contribution < 1.29 is 23.9 Å². The van der Waals surface area contributed by atoms with E-state index in [1.807, 2.05) is 6.07 Å². The van der Waals surface area contributed by atoms with Crippen molar-refractivity contribution in [2.75, 3.05) is 37.5 Å². The van der Waals surface area contributed by atoms with E-state index >= 15 is 0 Å². The maximum atomic E-state index is 12.4. The fourth-order valence-corrected chi connectivity index (χ4v) is 3.32. The number of rotatable bonds is 8. The van der Waals surface area contributed by atoms with Crippen molar-refractivity contribution in [1.29, 1.82) is 0 Å². The van der Waals surface area contributed by atoms with Gasteiger partial charge in [-0.1, -0.05) is 18.2 Å². The molecular weight excluding hydrogens is 386 g/mol. The summed E-state index contributed by atoms with van der Waals surface area (Å²) in [5.74, 6) is -0.0677. The minimum Gasteiger partial charge on any atom is -0.497 e. The molecule has 2 aromatic rings. The van der Waals surface area contributed by atoms with E-state index in [1.165, 1.54) is 7.11 Å². The molecular formula is C22H25N3O5. The highest BCUT2D eigenvalue weighted by Crippen LogP contribution is 2.24. The number of methoxy groups -OCH3 is 2. The molecule has 0 radical (unpaired) electrons. The number of anilines is 2. The molecule has 2 N–H and O–H groups in total. The quantitative estimate of drug-likeness (QED) is 0.647. The van der Waals surface area contributed by atoms with Crippen LogP contribution in [0, 0.1) is 0 Å². The lowest BCUT2D eigenvalue weighted by Crippen LogP contribution is -2.35. The van der Waals surface area contributed by atoms with Gasteiger partial charge in [-0.05, 0) is 42.3 Å². The predicted octanol–water partition coefficient (Wildman–Crippen LogP) is 2.26. The van der Waals surface area contributed by atoms with Crippen LogP contribution in [0.2, 0.25) is 0 Å². The van der Waals surface area contributed by atoms with Crippen LogP contribution in [0.3, 0.4) is 0 Å². The molecule has 158 valence electrons. The van der Waals surface area contributed by atoms with Crippen LogP contribution in [-0.4, -0.2) is 45.1 Å². The molecule has 8 nitrogen and oxygen atoms in total. The first-order valence-corrected chi connectivity index (χ1v) is 9.67. The molecule has 1 atom stereocenters. The van der Waals surface area contributed by atoms with E-state index in [4.69, 9.17) is 9.47 Å². The Hall–Kier alpha value is -3.39. The molecule has 8 heteroatoms. The summed E-state index contributed by atoms with van der Waals surface area (Å²) in [5.41, 5.74) is 2.00. The molecule has 0 bridgehead atoms. The van der Waals surface area contributed by atoms with Gasteiger partial charge in [0.2, 0.25) is 11.8 Å². The first-order valence-electron chi connectivity index (χ1n) is 9.67. The number of nitrogens with one attached hydrogen (secondary N) is 2. The van der Waals surface area contributed by atoms with Crippen molar-refractivity contribution in [3.05, 3.63) is 54.1 Å². The third kappa shape index (κ3) is 5.15. The summed E-state index contributed by atoms with van der Waals surface area (Å²) >= 11 is 0. The Balaban J connectivity index is 1.63. The maximum Gasteiger partial charge on any atom is 0.327 e. The highest BCUT2D eigenvalue weighted by molar-refractivity contribution is 5.97. The Bertz CT molecular complexity index is 913. The molecule has 1 heterocycles. The second kappa shape index (κ2) is 9.89. The molecule has 1 aliphatic rings. The van der Waals surface area contributed by atoms with Crippen LogP contribution < -0.4 is 20.3 Å². The van der Waals surface area contributed by atoms with Gasteiger partial charge in [-0.25, -0.2) is 4.79 Å². The minimum absolute atomic E-state index is 0.0838. The smallest absolute Gasteiger partial charge is 0.327 e. The summed E-state index contributed by atoms with van der Waals surface area (Å²) in [4.78, 5) is 38.2. The van der Waals surface area contributed by atoms with E-state index in [0.29, 0.717) is 30.0 Å². The molecule has 0 spiro atoms. The summed E-state index contributed by atoms with van der Waals surface area (Å²) < 4.78 is 9.98. The lowest BCUT2D eigenvalue weighted by Gasteiger charge is -2.18. The second-order valence-corrected chi connectivity index (χ2v) is 6.86. The van der Waals surface area contributed by atoms with Crippen molar-refractivity contribution >= 4 is 29.2 Å². The molecule has 0 aromatic heterocycles. The zero-order valence-electron chi connectivity index (χ0n) is 17.0. The first kappa shape index (κ1) is 21.3. The van der Waals surface area contributed by atoms with Gasteiger partial charge in [0.25, 0.3) is 0 Å². The molecule has 2 aromatic carbocycles. The van der Waals surface area contributed by atoms with Crippen molar-refractivity contribution in [1.82, 2.24) is 5.32 Å². The van der Waals surface area contributed by atoms with Gasteiger partial charge in [0.05, 0.1) is 20.8 Å². The Morgan fingerprint density at radius 3 is 2.53 bits per heavy atom. The zero-order chi connectivity index (χ0) is 21.5. The van der Waals surface area contributed by atoms with Gasteiger partial charge in [-0.15, -0.1) is 0 Å². The van der Waals surface area contributed by atoms with E-state index in [0.717, 1.165) is 12.1 Å². The van der Waals surface area contributed by atoms with Crippen LogP contribution in [-0.2, 0) is 19.1 Å². The van der Waals surface area contributed by atoms with Gasteiger partial charge >= 0.3 is 5.97 Å². The second-order valence-electron chi connectivity index (χ2n) is 6.86. The van der Waals surface area contributed by atoms with Gasteiger partial charge in [0, 0.05) is 24.3 Å².